The maximum atomic E-state index is 12.2. The second kappa shape index (κ2) is 40.7. The van der Waals surface area contributed by atoms with E-state index >= 15 is 0 Å². The highest BCUT2D eigenvalue weighted by Crippen LogP contribution is 2.17. The van der Waals surface area contributed by atoms with Crippen LogP contribution in [0.15, 0.2) is 0 Å². The van der Waals surface area contributed by atoms with E-state index in [9.17, 15) is 14.7 Å². The van der Waals surface area contributed by atoms with Crippen LogP contribution in [0.3, 0.4) is 0 Å². The van der Waals surface area contributed by atoms with Crippen LogP contribution in [0.5, 0.6) is 0 Å². The molecule has 5 nitrogen and oxygen atoms in total. The molecule has 0 spiro atoms. The van der Waals surface area contributed by atoms with Crippen LogP contribution in [-0.2, 0) is 19.1 Å². The maximum absolute atomic E-state index is 12.2. The summed E-state index contributed by atoms with van der Waals surface area (Å²) in [5.41, 5.74) is 0. The molecule has 50 heavy (non-hydrogen) atoms. The van der Waals surface area contributed by atoms with Crippen LogP contribution in [0, 0.1) is 5.92 Å². The van der Waals surface area contributed by atoms with Gasteiger partial charge in [0.2, 0.25) is 0 Å². The lowest BCUT2D eigenvalue weighted by molar-refractivity contribution is -0.161. The van der Waals surface area contributed by atoms with Crippen LogP contribution in [-0.4, -0.2) is 36.4 Å². The number of ether oxygens (including phenoxy) is 2. The Balaban J connectivity index is 3.45. The van der Waals surface area contributed by atoms with E-state index in [0.717, 1.165) is 38.0 Å². The van der Waals surface area contributed by atoms with E-state index < -0.39 is 6.10 Å². The third kappa shape index (κ3) is 39.7. The van der Waals surface area contributed by atoms with Crippen molar-refractivity contribution < 1.29 is 24.2 Å². The van der Waals surface area contributed by atoms with E-state index in [1.54, 1.807) is 0 Å². The molecule has 0 heterocycles. The van der Waals surface area contributed by atoms with Gasteiger partial charge in [0.25, 0.3) is 0 Å². The molecule has 1 atom stereocenters. The Hall–Kier alpha value is -1.10. The first-order valence-electron chi connectivity index (χ1n) is 22.5. The zero-order valence-corrected chi connectivity index (χ0v) is 34.1. The molecular weight excluding hydrogens is 620 g/mol. The standard InChI is InChI=1S/C45H88O5/c1-4-5-6-7-8-9-10-11-16-20-23-26-29-32-35-38-44(47)49-41-43(40-46)50-45(48)39-36-33-30-27-24-21-18-15-13-12-14-17-19-22-25-28-31-34-37-42(2)3/h42-43,46H,4-41H2,1-3H3/t43-/m0/s1. The number of hydrogen-bond donors (Lipinski definition) is 1. The fraction of sp³-hybridized carbons (Fsp3) is 0.956. The SMILES string of the molecule is CCCCCCCCCCCCCCCCCC(=O)OC[C@H](CO)OC(=O)CCCCCCCCCCCCCCCCCCCCC(C)C. The minimum absolute atomic E-state index is 0.0570. The number of unbranched alkanes of at least 4 members (excludes halogenated alkanes) is 31. The van der Waals surface area contributed by atoms with Gasteiger partial charge in [-0.15, -0.1) is 0 Å². The van der Waals surface area contributed by atoms with Crippen molar-refractivity contribution in [2.24, 2.45) is 5.92 Å². The molecule has 0 saturated carbocycles. The summed E-state index contributed by atoms with van der Waals surface area (Å²) in [5, 5.41) is 9.58. The minimum Gasteiger partial charge on any atom is -0.462 e. The molecule has 0 amide bonds. The molecule has 0 fully saturated rings. The zero-order valence-electron chi connectivity index (χ0n) is 34.1. The van der Waals surface area contributed by atoms with Gasteiger partial charge in [-0.3, -0.25) is 9.59 Å². The summed E-state index contributed by atoms with van der Waals surface area (Å²) in [6.07, 6.45) is 44.6. The highest BCUT2D eigenvalue weighted by Gasteiger charge is 2.16. The zero-order chi connectivity index (χ0) is 36.6. The van der Waals surface area contributed by atoms with Crippen LogP contribution < -0.4 is 0 Å². The highest BCUT2D eigenvalue weighted by molar-refractivity contribution is 5.70. The number of aliphatic hydroxyl groups excluding tert-OH is 1. The van der Waals surface area contributed by atoms with Gasteiger partial charge >= 0.3 is 11.9 Å². The summed E-state index contributed by atoms with van der Waals surface area (Å²) in [5.74, 6) is 0.292. The lowest BCUT2D eigenvalue weighted by Gasteiger charge is -2.15. The summed E-state index contributed by atoms with van der Waals surface area (Å²) in [6, 6.07) is 0. The largest absolute Gasteiger partial charge is 0.462 e. The molecule has 5 heteroatoms. The molecular formula is C45H88O5. The van der Waals surface area contributed by atoms with Crippen LogP contribution in [0.1, 0.15) is 252 Å². The van der Waals surface area contributed by atoms with Gasteiger partial charge in [0.1, 0.15) is 6.61 Å². The molecule has 1 N–H and O–H groups in total. The second-order valence-corrected chi connectivity index (χ2v) is 16.0. The fourth-order valence-corrected chi connectivity index (χ4v) is 6.92. The Bertz CT molecular complexity index is 693. The summed E-state index contributed by atoms with van der Waals surface area (Å²) in [6.45, 7) is 6.55. The molecule has 0 unspecified atom stereocenters. The van der Waals surface area contributed by atoms with Crippen molar-refractivity contribution in [3.63, 3.8) is 0 Å². The predicted octanol–water partition coefficient (Wildman–Crippen LogP) is 14.2. The first kappa shape index (κ1) is 48.9. The first-order chi connectivity index (χ1) is 24.5. The summed E-state index contributed by atoms with van der Waals surface area (Å²) in [4.78, 5) is 24.3. The number of carbonyl (C=O) groups excluding carboxylic acids is 2. The van der Waals surface area contributed by atoms with Gasteiger partial charge < -0.3 is 14.6 Å². The predicted molar refractivity (Wildman–Crippen MR) is 215 cm³/mol. The second-order valence-electron chi connectivity index (χ2n) is 16.0. The van der Waals surface area contributed by atoms with Gasteiger partial charge in [-0.1, -0.05) is 226 Å². The smallest absolute Gasteiger partial charge is 0.306 e. The van der Waals surface area contributed by atoms with Crippen molar-refractivity contribution >= 4 is 11.9 Å². The molecule has 0 aliphatic carbocycles. The Morgan fingerprint density at radius 1 is 0.440 bits per heavy atom. The van der Waals surface area contributed by atoms with Crippen molar-refractivity contribution in [1.82, 2.24) is 0 Å². The van der Waals surface area contributed by atoms with Crippen molar-refractivity contribution in [3.8, 4) is 0 Å². The highest BCUT2D eigenvalue weighted by atomic mass is 16.6. The number of esters is 2. The molecule has 0 aromatic rings. The fourth-order valence-electron chi connectivity index (χ4n) is 6.92. The lowest BCUT2D eigenvalue weighted by atomic mass is 10.0. The quantitative estimate of drug-likeness (QED) is 0.0505. The average Bonchev–Trinajstić information content (AvgIpc) is 3.10. The van der Waals surface area contributed by atoms with Crippen molar-refractivity contribution in [2.45, 2.75) is 258 Å². The Kier molecular flexibility index (Phi) is 39.8. The lowest BCUT2D eigenvalue weighted by Crippen LogP contribution is -2.28. The molecule has 0 radical (unpaired) electrons. The molecule has 0 saturated heterocycles. The Morgan fingerprint density at radius 2 is 0.740 bits per heavy atom. The first-order valence-corrected chi connectivity index (χ1v) is 22.5. The summed E-state index contributed by atoms with van der Waals surface area (Å²) in [7, 11) is 0. The van der Waals surface area contributed by atoms with Gasteiger partial charge in [0, 0.05) is 12.8 Å². The monoisotopic (exact) mass is 709 g/mol. The van der Waals surface area contributed by atoms with Crippen molar-refractivity contribution in [2.75, 3.05) is 13.2 Å². The third-order valence-corrected chi connectivity index (χ3v) is 10.3. The topological polar surface area (TPSA) is 72.8 Å². The number of rotatable bonds is 41. The van der Waals surface area contributed by atoms with Crippen LogP contribution in [0.2, 0.25) is 0 Å². The molecule has 0 aliphatic rings. The number of carbonyl (C=O) groups is 2. The van der Waals surface area contributed by atoms with Crippen molar-refractivity contribution in [3.05, 3.63) is 0 Å². The van der Waals surface area contributed by atoms with Crippen LogP contribution >= 0.6 is 0 Å². The van der Waals surface area contributed by atoms with Gasteiger partial charge in [-0.25, -0.2) is 0 Å². The maximum Gasteiger partial charge on any atom is 0.306 e. The van der Waals surface area contributed by atoms with Gasteiger partial charge in [-0.05, 0) is 18.8 Å². The molecule has 0 aromatic carbocycles. The van der Waals surface area contributed by atoms with E-state index in [0.29, 0.717) is 12.8 Å². The average molecular weight is 709 g/mol. The summed E-state index contributed by atoms with van der Waals surface area (Å²) >= 11 is 0. The van der Waals surface area contributed by atoms with E-state index in [1.165, 1.54) is 186 Å². The van der Waals surface area contributed by atoms with E-state index in [-0.39, 0.29) is 25.2 Å². The van der Waals surface area contributed by atoms with Crippen LogP contribution in [0.4, 0.5) is 0 Å². The molecule has 0 aromatic heterocycles. The van der Waals surface area contributed by atoms with Gasteiger partial charge in [-0.2, -0.15) is 0 Å². The molecule has 0 bridgehead atoms. The van der Waals surface area contributed by atoms with Crippen LogP contribution in [0.25, 0.3) is 0 Å². The van der Waals surface area contributed by atoms with Gasteiger partial charge in [0.15, 0.2) is 6.10 Å². The normalized spacial score (nSPS) is 12.1. The number of aliphatic hydroxyl groups is 1. The molecule has 0 rings (SSSR count). The minimum atomic E-state index is -0.762. The Labute approximate surface area is 312 Å². The van der Waals surface area contributed by atoms with E-state index in [2.05, 4.69) is 20.8 Å². The van der Waals surface area contributed by atoms with Crippen molar-refractivity contribution in [1.29, 1.82) is 0 Å². The molecule has 298 valence electrons. The Morgan fingerprint density at radius 3 is 1.06 bits per heavy atom. The van der Waals surface area contributed by atoms with E-state index in [4.69, 9.17) is 9.47 Å². The number of hydrogen-bond acceptors (Lipinski definition) is 5. The van der Waals surface area contributed by atoms with E-state index in [1.807, 2.05) is 0 Å². The third-order valence-electron chi connectivity index (χ3n) is 10.3. The van der Waals surface area contributed by atoms with Gasteiger partial charge in [0.05, 0.1) is 6.61 Å². The summed E-state index contributed by atoms with van der Waals surface area (Å²) < 4.78 is 10.6. The molecule has 0 aliphatic heterocycles.